The fraction of sp³-hybridized carbons (Fsp3) is 0.556. The Morgan fingerprint density at radius 3 is 2.58 bits per heavy atom. The molecule has 5 rings (SSSR count). The maximum absolute atomic E-state index is 13.2. The van der Waals surface area contributed by atoms with Crippen molar-refractivity contribution in [2.24, 2.45) is 0 Å². The lowest BCUT2D eigenvalue weighted by molar-refractivity contribution is -0.0479. The zero-order valence-corrected chi connectivity index (χ0v) is 19.6. The van der Waals surface area contributed by atoms with Crippen LogP contribution in [0.2, 0.25) is 0 Å². The van der Waals surface area contributed by atoms with E-state index in [0.717, 1.165) is 42.8 Å². The summed E-state index contributed by atoms with van der Waals surface area (Å²) in [7, 11) is 0. The number of pyridine rings is 1. The van der Waals surface area contributed by atoms with Crippen molar-refractivity contribution in [2.75, 3.05) is 18.1 Å². The molecule has 3 aliphatic rings. The molecule has 33 heavy (non-hydrogen) atoms. The second kappa shape index (κ2) is 10.1. The number of nitrogens with one attached hydrogen (secondary N) is 1. The van der Waals surface area contributed by atoms with Gasteiger partial charge in [-0.1, -0.05) is 31.4 Å². The summed E-state index contributed by atoms with van der Waals surface area (Å²) in [5.74, 6) is 1.47. The number of anilines is 2. The molecule has 2 fully saturated rings. The van der Waals surface area contributed by atoms with Crippen molar-refractivity contribution in [1.82, 2.24) is 10.3 Å². The molecule has 0 unspecified atom stereocenters. The number of hydrogen-bond donors (Lipinski definition) is 1. The van der Waals surface area contributed by atoms with Crippen LogP contribution in [0, 0.1) is 6.92 Å². The van der Waals surface area contributed by atoms with E-state index in [9.17, 15) is 4.79 Å². The van der Waals surface area contributed by atoms with Gasteiger partial charge in [0.15, 0.2) is 5.75 Å². The first-order valence-electron chi connectivity index (χ1n) is 12.6. The number of fused-ring (bicyclic) bond motifs is 1. The Hall–Kier alpha value is -2.60. The standard InChI is InChI=1S/C27H35N3O3/c1-19-10-15-25(28-18-19)30-16-17-32-26-23(8-5-9-24(26)30)27(31)29-20-11-13-22(14-12-20)33-21-6-3-2-4-7-21/h5,8-10,15,18,20-22H,2-4,6-7,11-14,16-17H2,1H3,(H,29,31). The number of rotatable bonds is 5. The molecule has 2 aromatic rings. The van der Waals surface area contributed by atoms with Gasteiger partial charge in [0.25, 0.3) is 5.91 Å². The summed E-state index contributed by atoms with van der Waals surface area (Å²) in [5.41, 5.74) is 2.62. The SMILES string of the molecule is Cc1ccc(N2CCOc3c(C(=O)NC4CCC(OC5CCCCC5)CC4)cccc32)nc1. The summed E-state index contributed by atoms with van der Waals surface area (Å²) in [4.78, 5) is 19.9. The van der Waals surface area contributed by atoms with Gasteiger partial charge in [-0.05, 0) is 69.2 Å². The summed E-state index contributed by atoms with van der Waals surface area (Å²) in [5, 5.41) is 3.26. The van der Waals surface area contributed by atoms with Crippen LogP contribution in [0.25, 0.3) is 0 Å². The van der Waals surface area contributed by atoms with Gasteiger partial charge in [0.1, 0.15) is 12.4 Å². The summed E-state index contributed by atoms with van der Waals surface area (Å²) < 4.78 is 12.4. The molecule has 6 heteroatoms. The summed E-state index contributed by atoms with van der Waals surface area (Å²) in [6, 6.07) is 10.1. The smallest absolute Gasteiger partial charge is 0.255 e. The van der Waals surface area contributed by atoms with Crippen LogP contribution in [0.4, 0.5) is 11.5 Å². The van der Waals surface area contributed by atoms with Crippen LogP contribution >= 0.6 is 0 Å². The maximum atomic E-state index is 13.2. The quantitative estimate of drug-likeness (QED) is 0.670. The number of carbonyl (C=O) groups excluding carboxylic acids is 1. The van der Waals surface area contributed by atoms with Crippen LogP contribution in [0.3, 0.4) is 0 Å². The molecule has 1 aliphatic heterocycles. The van der Waals surface area contributed by atoms with E-state index in [1.54, 1.807) is 0 Å². The van der Waals surface area contributed by atoms with Crippen molar-refractivity contribution < 1.29 is 14.3 Å². The van der Waals surface area contributed by atoms with Crippen molar-refractivity contribution in [3.63, 3.8) is 0 Å². The van der Waals surface area contributed by atoms with E-state index in [1.165, 1.54) is 32.1 Å². The Morgan fingerprint density at radius 1 is 1.03 bits per heavy atom. The van der Waals surface area contributed by atoms with Crippen molar-refractivity contribution in [2.45, 2.75) is 83.0 Å². The summed E-state index contributed by atoms with van der Waals surface area (Å²) in [6.07, 6.45) is 13.1. The van der Waals surface area contributed by atoms with Crippen molar-refractivity contribution >= 4 is 17.4 Å². The zero-order valence-electron chi connectivity index (χ0n) is 19.6. The van der Waals surface area contributed by atoms with Crippen LogP contribution in [-0.2, 0) is 4.74 Å². The number of amides is 1. The highest BCUT2D eigenvalue weighted by atomic mass is 16.5. The molecule has 176 valence electrons. The molecular weight excluding hydrogens is 414 g/mol. The molecule has 0 radical (unpaired) electrons. The van der Waals surface area contributed by atoms with Gasteiger partial charge in [-0.15, -0.1) is 0 Å². The molecule has 2 heterocycles. The van der Waals surface area contributed by atoms with Crippen molar-refractivity contribution in [3.8, 4) is 5.75 Å². The number of benzene rings is 1. The molecule has 2 saturated carbocycles. The fourth-order valence-corrected chi connectivity index (χ4v) is 5.36. The van der Waals surface area contributed by atoms with Gasteiger partial charge >= 0.3 is 0 Å². The molecule has 2 aliphatic carbocycles. The Balaban J connectivity index is 1.22. The Labute approximate surface area is 196 Å². The number of aryl methyl sites for hydroxylation is 1. The lowest BCUT2D eigenvalue weighted by atomic mass is 9.91. The highest BCUT2D eigenvalue weighted by Crippen LogP contribution is 2.38. The second-order valence-corrected chi connectivity index (χ2v) is 9.69. The van der Waals surface area contributed by atoms with Crippen LogP contribution in [-0.4, -0.2) is 42.3 Å². The summed E-state index contributed by atoms with van der Waals surface area (Å²) >= 11 is 0. The van der Waals surface area contributed by atoms with Crippen LogP contribution < -0.4 is 15.0 Å². The number of hydrogen-bond acceptors (Lipinski definition) is 5. The normalized spacial score (nSPS) is 23.5. The predicted octanol–water partition coefficient (Wildman–Crippen LogP) is 5.31. The number of aromatic nitrogens is 1. The van der Waals surface area contributed by atoms with E-state index in [0.29, 0.717) is 36.7 Å². The van der Waals surface area contributed by atoms with Gasteiger partial charge in [0, 0.05) is 12.2 Å². The maximum Gasteiger partial charge on any atom is 0.255 e. The predicted molar refractivity (Wildman–Crippen MR) is 129 cm³/mol. The average molecular weight is 450 g/mol. The zero-order chi connectivity index (χ0) is 22.6. The van der Waals surface area contributed by atoms with E-state index >= 15 is 0 Å². The first-order valence-corrected chi connectivity index (χ1v) is 12.6. The van der Waals surface area contributed by atoms with E-state index < -0.39 is 0 Å². The molecule has 1 aromatic heterocycles. The fourth-order valence-electron chi connectivity index (χ4n) is 5.36. The second-order valence-electron chi connectivity index (χ2n) is 9.69. The van der Waals surface area contributed by atoms with Gasteiger partial charge in [0.05, 0.1) is 30.0 Å². The van der Waals surface area contributed by atoms with Gasteiger partial charge in [-0.25, -0.2) is 4.98 Å². The number of nitrogens with zero attached hydrogens (tertiary/aromatic N) is 2. The third-order valence-electron chi connectivity index (χ3n) is 7.21. The Morgan fingerprint density at radius 2 is 1.82 bits per heavy atom. The van der Waals surface area contributed by atoms with Crippen LogP contribution in [0.5, 0.6) is 5.75 Å². The Bertz CT molecular complexity index is 948. The van der Waals surface area contributed by atoms with Crippen LogP contribution in [0.15, 0.2) is 36.5 Å². The van der Waals surface area contributed by atoms with Gasteiger partial charge < -0.3 is 19.7 Å². The number of para-hydroxylation sites is 1. The highest BCUT2D eigenvalue weighted by molar-refractivity contribution is 5.99. The van der Waals surface area contributed by atoms with Crippen LogP contribution in [0.1, 0.15) is 73.7 Å². The molecule has 6 nitrogen and oxygen atoms in total. The van der Waals surface area contributed by atoms with E-state index in [-0.39, 0.29) is 11.9 Å². The van der Waals surface area contributed by atoms with E-state index in [1.807, 2.05) is 37.4 Å². The molecule has 0 atom stereocenters. The molecule has 0 spiro atoms. The highest BCUT2D eigenvalue weighted by Gasteiger charge is 2.29. The van der Waals surface area contributed by atoms with Crippen molar-refractivity contribution in [3.05, 3.63) is 47.7 Å². The molecule has 0 bridgehead atoms. The monoisotopic (exact) mass is 449 g/mol. The largest absolute Gasteiger partial charge is 0.489 e. The minimum atomic E-state index is -0.0535. The van der Waals surface area contributed by atoms with E-state index in [2.05, 4.69) is 21.3 Å². The van der Waals surface area contributed by atoms with Gasteiger partial charge in [0.2, 0.25) is 0 Å². The first-order chi connectivity index (χ1) is 16.2. The lowest BCUT2D eigenvalue weighted by Gasteiger charge is -2.34. The number of carbonyl (C=O) groups is 1. The molecule has 0 saturated heterocycles. The van der Waals surface area contributed by atoms with Gasteiger partial charge in [-0.2, -0.15) is 0 Å². The van der Waals surface area contributed by atoms with Gasteiger partial charge in [-0.3, -0.25) is 4.79 Å². The first kappa shape index (κ1) is 22.2. The topological polar surface area (TPSA) is 63.7 Å². The van der Waals surface area contributed by atoms with E-state index in [4.69, 9.17) is 9.47 Å². The molecular formula is C27H35N3O3. The minimum absolute atomic E-state index is 0.0535. The molecule has 1 aromatic carbocycles. The minimum Gasteiger partial charge on any atom is -0.489 e. The Kier molecular flexibility index (Phi) is 6.81. The lowest BCUT2D eigenvalue weighted by Crippen LogP contribution is -2.40. The third kappa shape index (κ3) is 5.16. The summed E-state index contributed by atoms with van der Waals surface area (Å²) in [6.45, 7) is 3.26. The van der Waals surface area contributed by atoms with Crippen molar-refractivity contribution in [1.29, 1.82) is 0 Å². The third-order valence-corrected chi connectivity index (χ3v) is 7.21. The number of ether oxygens (including phenoxy) is 2. The molecule has 1 amide bonds. The average Bonchev–Trinajstić information content (AvgIpc) is 2.86. The molecule has 1 N–H and O–H groups in total.